The molecule has 0 aliphatic carbocycles. The molecule has 0 radical (unpaired) electrons. The number of carbonyl (C=O) groups is 1. The number of hydrogen-bond acceptors (Lipinski definition) is 4. The van der Waals surface area contributed by atoms with Crippen molar-refractivity contribution in [2.24, 2.45) is 0 Å². The first-order valence-electron chi connectivity index (χ1n) is 6.24. The topological polar surface area (TPSA) is 82.2 Å². The Bertz CT molecular complexity index is 684. The van der Waals surface area contributed by atoms with Crippen molar-refractivity contribution < 1.29 is 9.90 Å². The Balaban J connectivity index is 2.38. The van der Waals surface area contributed by atoms with Gasteiger partial charge in [-0.1, -0.05) is 6.07 Å². The maximum Gasteiger partial charge on any atom is 0.317 e. The van der Waals surface area contributed by atoms with E-state index < -0.39 is 5.97 Å². The first kappa shape index (κ1) is 14.0. The van der Waals surface area contributed by atoms with E-state index in [1.807, 2.05) is 29.7 Å². The standard InChI is InChI=1S/C14H16N4O2/c1-10-3-4-12-11(7-10)16-13(18(12)6-5-15)8-17(2)9-14(19)20/h3-4,7H,6,8-9H2,1-2H3,(H,19,20). The van der Waals surface area contributed by atoms with Crippen molar-refractivity contribution in [1.29, 1.82) is 5.26 Å². The normalized spacial score (nSPS) is 10.9. The number of imidazole rings is 1. The first-order valence-corrected chi connectivity index (χ1v) is 6.24. The van der Waals surface area contributed by atoms with Gasteiger partial charge in [-0.25, -0.2) is 4.98 Å². The van der Waals surface area contributed by atoms with Crippen LogP contribution >= 0.6 is 0 Å². The molecule has 1 heterocycles. The predicted molar refractivity (Wildman–Crippen MR) is 74.1 cm³/mol. The smallest absolute Gasteiger partial charge is 0.317 e. The average molecular weight is 272 g/mol. The van der Waals surface area contributed by atoms with Gasteiger partial charge in [-0.2, -0.15) is 5.26 Å². The molecule has 0 unspecified atom stereocenters. The highest BCUT2D eigenvalue weighted by Gasteiger charge is 2.13. The van der Waals surface area contributed by atoms with Crippen LogP contribution < -0.4 is 0 Å². The van der Waals surface area contributed by atoms with Crippen LogP contribution in [0.15, 0.2) is 18.2 Å². The molecule has 2 rings (SSSR count). The number of nitrogens with zero attached hydrogens (tertiary/aromatic N) is 4. The Hall–Kier alpha value is -2.39. The monoisotopic (exact) mass is 272 g/mol. The van der Waals surface area contributed by atoms with E-state index in [0.717, 1.165) is 16.6 Å². The lowest BCUT2D eigenvalue weighted by Gasteiger charge is -2.13. The molecule has 0 amide bonds. The summed E-state index contributed by atoms with van der Waals surface area (Å²) in [6, 6.07) is 8.00. The summed E-state index contributed by atoms with van der Waals surface area (Å²) in [5, 5.41) is 17.7. The highest BCUT2D eigenvalue weighted by atomic mass is 16.4. The fraction of sp³-hybridized carbons (Fsp3) is 0.357. The van der Waals surface area contributed by atoms with E-state index >= 15 is 0 Å². The van der Waals surface area contributed by atoms with Crippen molar-refractivity contribution in [3.8, 4) is 6.07 Å². The summed E-state index contributed by atoms with van der Waals surface area (Å²) in [6.45, 7) is 2.52. The molecule has 1 aromatic carbocycles. The lowest BCUT2D eigenvalue weighted by molar-refractivity contribution is -0.138. The van der Waals surface area contributed by atoms with Gasteiger partial charge >= 0.3 is 5.97 Å². The molecular weight excluding hydrogens is 256 g/mol. The van der Waals surface area contributed by atoms with E-state index in [1.54, 1.807) is 11.9 Å². The van der Waals surface area contributed by atoms with E-state index in [0.29, 0.717) is 12.4 Å². The molecule has 0 spiro atoms. The Morgan fingerprint density at radius 2 is 2.30 bits per heavy atom. The van der Waals surface area contributed by atoms with Gasteiger partial charge in [0.05, 0.1) is 30.2 Å². The van der Waals surface area contributed by atoms with Crippen LogP contribution in [0.5, 0.6) is 0 Å². The van der Waals surface area contributed by atoms with Gasteiger partial charge < -0.3 is 9.67 Å². The summed E-state index contributed by atoms with van der Waals surface area (Å²) in [7, 11) is 1.72. The molecule has 0 saturated heterocycles. The van der Waals surface area contributed by atoms with Crippen LogP contribution in [0.1, 0.15) is 11.4 Å². The van der Waals surface area contributed by atoms with Crippen molar-refractivity contribution in [2.75, 3.05) is 13.6 Å². The zero-order valence-corrected chi connectivity index (χ0v) is 11.5. The molecule has 0 aliphatic heterocycles. The number of aryl methyl sites for hydroxylation is 1. The van der Waals surface area contributed by atoms with Crippen LogP contribution in [0, 0.1) is 18.3 Å². The number of carboxylic acids is 1. The number of aromatic nitrogens is 2. The van der Waals surface area contributed by atoms with Crippen molar-refractivity contribution in [3.05, 3.63) is 29.6 Å². The van der Waals surface area contributed by atoms with Gasteiger partial charge in [-0.05, 0) is 31.7 Å². The van der Waals surface area contributed by atoms with Gasteiger partial charge in [-0.3, -0.25) is 9.69 Å². The predicted octanol–water partition coefficient (Wildman–Crippen LogP) is 1.38. The number of fused-ring (bicyclic) bond motifs is 1. The molecule has 0 atom stereocenters. The van der Waals surface area contributed by atoms with Crippen LogP contribution in [0.25, 0.3) is 11.0 Å². The second-order valence-corrected chi connectivity index (χ2v) is 4.83. The molecular formula is C14H16N4O2. The zero-order chi connectivity index (χ0) is 14.7. The van der Waals surface area contributed by atoms with Gasteiger partial charge in [-0.15, -0.1) is 0 Å². The molecule has 6 nitrogen and oxygen atoms in total. The van der Waals surface area contributed by atoms with Crippen molar-refractivity contribution in [2.45, 2.75) is 20.0 Å². The second-order valence-electron chi connectivity index (χ2n) is 4.83. The van der Waals surface area contributed by atoms with Crippen LogP contribution in [0.4, 0.5) is 0 Å². The SMILES string of the molecule is Cc1ccc2c(c1)nc(CN(C)CC(=O)O)n2CC#N. The summed E-state index contributed by atoms with van der Waals surface area (Å²) in [4.78, 5) is 16.9. The highest BCUT2D eigenvalue weighted by Crippen LogP contribution is 2.18. The molecule has 104 valence electrons. The van der Waals surface area contributed by atoms with Crippen LogP contribution in [0.2, 0.25) is 0 Å². The van der Waals surface area contributed by atoms with Gasteiger partial charge in [0.25, 0.3) is 0 Å². The van der Waals surface area contributed by atoms with E-state index in [9.17, 15) is 4.79 Å². The Morgan fingerprint density at radius 1 is 1.55 bits per heavy atom. The zero-order valence-electron chi connectivity index (χ0n) is 11.5. The molecule has 2 aromatic rings. The minimum absolute atomic E-state index is 0.0607. The summed E-state index contributed by atoms with van der Waals surface area (Å²) in [5.41, 5.74) is 2.83. The quantitative estimate of drug-likeness (QED) is 0.889. The third-order valence-corrected chi connectivity index (χ3v) is 3.03. The number of benzene rings is 1. The average Bonchev–Trinajstić information content (AvgIpc) is 2.66. The van der Waals surface area contributed by atoms with E-state index in [-0.39, 0.29) is 13.1 Å². The molecule has 6 heteroatoms. The van der Waals surface area contributed by atoms with Crippen molar-refractivity contribution >= 4 is 17.0 Å². The summed E-state index contributed by atoms with van der Waals surface area (Å²) in [5.74, 6) is -0.179. The lowest BCUT2D eigenvalue weighted by Crippen LogP contribution is -2.26. The van der Waals surface area contributed by atoms with E-state index in [1.165, 1.54) is 0 Å². The molecule has 0 fully saturated rings. The fourth-order valence-corrected chi connectivity index (χ4v) is 2.19. The van der Waals surface area contributed by atoms with Crippen LogP contribution in [-0.2, 0) is 17.9 Å². The third kappa shape index (κ3) is 2.95. The van der Waals surface area contributed by atoms with E-state index in [4.69, 9.17) is 10.4 Å². The Labute approximate surface area is 116 Å². The maximum absolute atomic E-state index is 10.7. The summed E-state index contributed by atoms with van der Waals surface area (Å²) < 4.78 is 1.83. The first-order chi connectivity index (χ1) is 9.51. The minimum Gasteiger partial charge on any atom is -0.480 e. The third-order valence-electron chi connectivity index (χ3n) is 3.03. The maximum atomic E-state index is 10.7. The highest BCUT2D eigenvalue weighted by molar-refractivity contribution is 5.77. The van der Waals surface area contributed by atoms with Gasteiger partial charge in [0.1, 0.15) is 12.4 Å². The van der Waals surface area contributed by atoms with E-state index in [2.05, 4.69) is 11.1 Å². The minimum atomic E-state index is -0.883. The van der Waals surface area contributed by atoms with Gasteiger partial charge in [0.2, 0.25) is 0 Å². The van der Waals surface area contributed by atoms with Crippen molar-refractivity contribution in [3.63, 3.8) is 0 Å². The van der Waals surface area contributed by atoms with Crippen molar-refractivity contribution in [1.82, 2.24) is 14.5 Å². The van der Waals surface area contributed by atoms with Gasteiger partial charge in [0, 0.05) is 0 Å². The fourth-order valence-electron chi connectivity index (χ4n) is 2.19. The molecule has 1 N–H and O–H groups in total. The molecule has 1 aromatic heterocycles. The number of rotatable bonds is 5. The molecule has 0 saturated carbocycles. The summed E-state index contributed by atoms with van der Waals surface area (Å²) in [6.07, 6.45) is 0. The van der Waals surface area contributed by atoms with Crippen LogP contribution in [-0.4, -0.2) is 39.1 Å². The second kappa shape index (κ2) is 5.72. The number of carboxylic acid groups (broad SMARTS) is 1. The molecule has 0 aliphatic rings. The lowest BCUT2D eigenvalue weighted by atomic mass is 10.2. The summed E-state index contributed by atoms with van der Waals surface area (Å²) >= 11 is 0. The van der Waals surface area contributed by atoms with Gasteiger partial charge in [0.15, 0.2) is 0 Å². The number of likely N-dealkylation sites (N-methyl/N-ethyl adjacent to an activating group) is 1. The molecule has 0 bridgehead atoms. The number of hydrogen-bond donors (Lipinski definition) is 1. The Kier molecular flexibility index (Phi) is 4.01. The van der Waals surface area contributed by atoms with Crippen LogP contribution in [0.3, 0.4) is 0 Å². The molecule has 20 heavy (non-hydrogen) atoms. The number of aliphatic carboxylic acids is 1. The number of nitriles is 1. The Morgan fingerprint density at radius 3 is 2.95 bits per heavy atom. The largest absolute Gasteiger partial charge is 0.480 e.